The zero-order chi connectivity index (χ0) is 15.0. The highest BCUT2D eigenvalue weighted by atomic mass is 35.5. The molecule has 0 aliphatic heterocycles. The van der Waals surface area contributed by atoms with Crippen molar-refractivity contribution in [3.63, 3.8) is 0 Å². The summed E-state index contributed by atoms with van der Waals surface area (Å²) in [5.41, 5.74) is 2.10. The van der Waals surface area contributed by atoms with Gasteiger partial charge >= 0.3 is 0 Å². The molecule has 3 rings (SSSR count). The molecular weight excluding hydrogens is 307 g/mol. The summed E-state index contributed by atoms with van der Waals surface area (Å²) in [6, 6.07) is 12.7. The molecule has 5 heteroatoms. The first-order valence-electron chi connectivity index (χ1n) is 6.37. The van der Waals surface area contributed by atoms with E-state index in [0.29, 0.717) is 21.3 Å². The Morgan fingerprint density at radius 3 is 2.67 bits per heavy atom. The Bertz CT molecular complexity index is 839. The maximum Gasteiger partial charge on any atom is 0.256 e. The van der Waals surface area contributed by atoms with Crippen LogP contribution in [0.1, 0.15) is 10.4 Å². The molecule has 0 radical (unpaired) electrons. The molecule has 0 spiro atoms. The number of nitrogens with zero attached hydrogens (tertiary/aromatic N) is 1. The van der Waals surface area contributed by atoms with Crippen LogP contribution in [0, 0.1) is 0 Å². The number of hydrogen-bond donors (Lipinski definition) is 1. The van der Waals surface area contributed by atoms with Crippen molar-refractivity contribution in [3.05, 3.63) is 64.3 Å². The second-order valence-corrected chi connectivity index (χ2v) is 5.51. The number of hydrogen-bond acceptors (Lipinski definition) is 1. The lowest BCUT2D eigenvalue weighted by Crippen LogP contribution is -2.12. The predicted octanol–water partition coefficient (Wildman–Crippen LogP) is 4.74. The van der Waals surface area contributed by atoms with Crippen LogP contribution in [0.3, 0.4) is 0 Å². The second kappa shape index (κ2) is 5.43. The second-order valence-electron chi connectivity index (χ2n) is 4.72. The van der Waals surface area contributed by atoms with Gasteiger partial charge in [0.15, 0.2) is 0 Å². The van der Waals surface area contributed by atoms with Crippen molar-refractivity contribution in [2.75, 3.05) is 5.32 Å². The summed E-state index contributed by atoms with van der Waals surface area (Å²) < 4.78 is 1.97. The fourth-order valence-electron chi connectivity index (χ4n) is 2.29. The van der Waals surface area contributed by atoms with Crippen molar-refractivity contribution in [1.29, 1.82) is 0 Å². The lowest BCUT2D eigenvalue weighted by Gasteiger charge is -2.09. The maximum absolute atomic E-state index is 12.5. The van der Waals surface area contributed by atoms with E-state index in [1.165, 1.54) is 0 Å². The van der Waals surface area contributed by atoms with Crippen LogP contribution in [0.5, 0.6) is 0 Å². The summed E-state index contributed by atoms with van der Waals surface area (Å²) in [7, 11) is 1.94. The molecule has 106 valence electrons. The van der Waals surface area contributed by atoms with Crippen molar-refractivity contribution in [3.8, 4) is 0 Å². The van der Waals surface area contributed by atoms with Gasteiger partial charge in [0.05, 0.1) is 15.7 Å². The van der Waals surface area contributed by atoms with Gasteiger partial charge in [-0.25, -0.2) is 0 Å². The molecule has 0 aliphatic rings. The summed E-state index contributed by atoms with van der Waals surface area (Å²) in [4.78, 5) is 12.5. The first-order valence-corrected chi connectivity index (χ1v) is 7.13. The van der Waals surface area contributed by atoms with Crippen molar-refractivity contribution in [1.82, 2.24) is 4.57 Å². The first-order chi connectivity index (χ1) is 10.1. The molecule has 0 saturated carbocycles. The molecule has 0 unspecified atom stereocenters. The van der Waals surface area contributed by atoms with Crippen LogP contribution in [0.4, 0.5) is 5.69 Å². The Kier molecular flexibility index (Phi) is 3.62. The Labute approximate surface area is 132 Å². The van der Waals surface area contributed by atoms with Gasteiger partial charge in [0.1, 0.15) is 0 Å². The number of amides is 1. The van der Waals surface area contributed by atoms with Crippen LogP contribution in [0.2, 0.25) is 10.0 Å². The fraction of sp³-hybridized carbons (Fsp3) is 0.0625. The third-order valence-electron chi connectivity index (χ3n) is 3.37. The van der Waals surface area contributed by atoms with Crippen LogP contribution in [-0.4, -0.2) is 10.5 Å². The third-order valence-corrected chi connectivity index (χ3v) is 4.19. The molecule has 2 aromatic carbocycles. The number of carbonyl (C=O) groups is 1. The number of fused-ring (bicyclic) bond motifs is 1. The van der Waals surface area contributed by atoms with E-state index in [9.17, 15) is 4.79 Å². The van der Waals surface area contributed by atoms with Crippen molar-refractivity contribution in [2.24, 2.45) is 7.05 Å². The number of halogens is 2. The number of nitrogens with one attached hydrogen (secondary N) is 1. The van der Waals surface area contributed by atoms with Crippen LogP contribution in [0.25, 0.3) is 10.9 Å². The van der Waals surface area contributed by atoms with Crippen molar-refractivity contribution >= 4 is 45.7 Å². The van der Waals surface area contributed by atoms with Gasteiger partial charge in [-0.05, 0) is 30.3 Å². The van der Waals surface area contributed by atoms with E-state index < -0.39 is 0 Å². The van der Waals surface area contributed by atoms with E-state index in [1.54, 1.807) is 24.3 Å². The standard InChI is InChI=1S/C16H12Cl2N2O/c1-20-9-8-10-11(4-2-7-14(10)20)16(21)19-13-6-3-5-12(17)15(13)18/h2-9H,1H3,(H,19,21). The van der Waals surface area contributed by atoms with Gasteiger partial charge in [-0.15, -0.1) is 0 Å². The van der Waals surface area contributed by atoms with Gasteiger partial charge in [-0.1, -0.05) is 35.3 Å². The van der Waals surface area contributed by atoms with Crippen LogP contribution >= 0.6 is 23.2 Å². The third kappa shape index (κ3) is 2.50. The lowest BCUT2D eigenvalue weighted by atomic mass is 10.1. The first kappa shape index (κ1) is 14.0. The number of aryl methyl sites for hydroxylation is 1. The monoisotopic (exact) mass is 318 g/mol. The van der Waals surface area contributed by atoms with E-state index in [4.69, 9.17) is 23.2 Å². The maximum atomic E-state index is 12.5. The largest absolute Gasteiger partial charge is 0.351 e. The molecule has 0 saturated heterocycles. The van der Waals surface area contributed by atoms with Gasteiger partial charge in [-0.2, -0.15) is 0 Å². The number of aromatic nitrogens is 1. The van der Waals surface area contributed by atoms with E-state index in [1.807, 2.05) is 36.0 Å². The van der Waals surface area contributed by atoms with Gasteiger partial charge < -0.3 is 9.88 Å². The highest BCUT2D eigenvalue weighted by molar-refractivity contribution is 6.44. The Morgan fingerprint density at radius 1 is 1.10 bits per heavy atom. The van der Waals surface area contributed by atoms with Crippen molar-refractivity contribution in [2.45, 2.75) is 0 Å². The molecule has 21 heavy (non-hydrogen) atoms. The van der Waals surface area contributed by atoms with E-state index in [2.05, 4.69) is 5.32 Å². The molecule has 0 aliphatic carbocycles. The minimum Gasteiger partial charge on any atom is -0.351 e. The van der Waals surface area contributed by atoms with Gasteiger partial charge in [0, 0.05) is 29.7 Å². The minimum absolute atomic E-state index is 0.212. The van der Waals surface area contributed by atoms with Gasteiger partial charge in [-0.3, -0.25) is 4.79 Å². The summed E-state index contributed by atoms with van der Waals surface area (Å²) in [5.74, 6) is -0.212. The number of carbonyl (C=O) groups excluding carboxylic acids is 1. The fourth-order valence-corrected chi connectivity index (χ4v) is 2.64. The average Bonchev–Trinajstić information content (AvgIpc) is 2.85. The van der Waals surface area contributed by atoms with Crippen LogP contribution in [0.15, 0.2) is 48.7 Å². The quantitative estimate of drug-likeness (QED) is 0.727. The molecule has 1 N–H and O–H groups in total. The molecule has 0 bridgehead atoms. The van der Waals surface area contributed by atoms with E-state index >= 15 is 0 Å². The summed E-state index contributed by atoms with van der Waals surface area (Å²) in [6.07, 6.45) is 1.92. The highest BCUT2D eigenvalue weighted by Gasteiger charge is 2.13. The SMILES string of the molecule is Cn1ccc2c(C(=O)Nc3cccc(Cl)c3Cl)cccc21. The highest BCUT2D eigenvalue weighted by Crippen LogP contribution is 2.30. The Morgan fingerprint density at radius 2 is 1.86 bits per heavy atom. The van der Waals surface area contributed by atoms with E-state index in [0.717, 1.165) is 10.9 Å². The Balaban J connectivity index is 2.00. The van der Waals surface area contributed by atoms with Crippen molar-refractivity contribution < 1.29 is 4.79 Å². The van der Waals surface area contributed by atoms with E-state index in [-0.39, 0.29) is 5.91 Å². The molecular formula is C16H12Cl2N2O. The van der Waals surface area contributed by atoms with Gasteiger partial charge in [0.25, 0.3) is 5.91 Å². The summed E-state index contributed by atoms with van der Waals surface area (Å²) in [6.45, 7) is 0. The molecule has 3 aromatic rings. The average molecular weight is 319 g/mol. The molecule has 1 aromatic heterocycles. The molecule has 1 heterocycles. The zero-order valence-electron chi connectivity index (χ0n) is 11.2. The Hall–Kier alpha value is -1.97. The molecule has 0 fully saturated rings. The minimum atomic E-state index is -0.212. The molecule has 3 nitrogen and oxygen atoms in total. The van der Waals surface area contributed by atoms with Crippen LogP contribution in [-0.2, 0) is 7.05 Å². The summed E-state index contributed by atoms with van der Waals surface area (Å²) >= 11 is 12.1. The number of rotatable bonds is 2. The van der Waals surface area contributed by atoms with Gasteiger partial charge in [0.2, 0.25) is 0 Å². The molecule has 0 atom stereocenters. The van der Waals surface area contributed by atoms with Crippen LogP contribution < -0.4 is 5.32 Å². The smallest absolute Gasteiger partial charge is 0.256 e. The lowest BCUT2D eigenvalue weighted by molar-refractivity contribution is 0.102. The topological polar surface area (TPSA) is 34.0 Å². The predicted molar refractivity (Wildman–Crippen MR) is 87.3 cm³/mol. The normalized spacial score (nSPS) is 10.8. The number of benzene rings is 2. The molecule has 1 amide bonds. The summed E-state index contributed by atoms with van der Waals surface area (Å²) in [5, 5.41) is 4.45. The number of anilines is 1. The zero-order valence-corrected chi connectivity index (χ0v) is 12.7.